The van der Waals surface area contributed by atoms with E-state index in [4.69, 9.17) is 9.47 Å². The van der Waals surface area contributed by atoms with Crippen LogP contribution in [0.25, 0.3) is 0 Å². The Kier molecular flexibility index (Phi) is 3.73. The van der Waals surface area contributed by atoms with Crippen LogP contribution in [0, 0.1) is 0 Å². The molecule has 0 saturated heterocycles. The minimum Gasteiger partial charge on any atom is -0.497 e. The first-order valence-corrected chi connectivity index (χ1v) is 7.65. The van der Waals surface area contributed by atoms with Crippen molar-refractivity contribution in [1.82, 2.24) is 0 Å². The summed E-state index contributed by atoms with van der Waals surface area (Å²) in [6, 6.07) is 16.8. The molecular weight excluding hydrogens is 260 g/mol. The minimum atomic E-state index is -0.152. The van der Waals surface area contributed by atoms with Crippen LogP contribution in [0.3, 0.4) is 0 Å². The normalized spacial score (nSPS) is 19.3. The lowest BCUT2D eigenvalue weighted by atomic mass is 9.86. The van der Waals surface area contributed by atoms with E-state index in [1.807, 2.05) is 12.1 Å². The van der Waals surface area contributed by atoms with Gasteiger partial charge in [-0.15, -0.1) is 0 Å². The molecule has 0 saturated carbocycles. The number of methoxy groups -OCH3 is 1. The molecule has 1 heterocycles. The van der Waals surface area contributed by atoms with Crippen LogP contribution < -0.4 is 4.74 Å². The third-order valence-corrected chi connectivity index (χ3v) is 4.64. The summed E-state index contributed by atoms with van der Waals surface area (Å²) in [7, 11) is 1.69. The molecule has 0 radical (unpaired) electrons. The van der Waals surface area contributed by atoms with Gasteiger partial charge in [0.2, 0.25) is 0 Å². The highest BCUT2D eigenvalue weighted by Gasteiger charge is 2.42. The highest BCUT2D eigenvalue weighted by atomic mass is 16.5. The molecule has 0 fully saturated rings. The van der Waals surface area contributed by atoms with Crippen LogP contribution in [-0.4, -0.2) is 7.11 Å². The molecule has 2 nitrogen and oxygen atoms in total. The van der Waals surface area contributed by atoms with E-state index in [2.05, 4.69) is 50.2 Å². The second kappa shape index (κ2) is 5.53. The van der Waals surface area contributed by atoms with E-state index in [1.165, 1.54) is 16.7 Å². The Balaban J connectivity index is 2.04. The summed E-state index contributed by atoms with van der Waals surface area (Å²) >= 11 is 0. The molecular formula is C19H22O2. The monoisotopic (exact) mass is 282 g/mol. The first-order valence-electron chi connectivity index (χ1n) is 7.65. The van der Waals surface area contributed by atoms with Crippen molar-refractivity contribution >= 4 is 0 Å². The molecule has 110 valence electrons. The van der Waals surface area contributed by atoms with Crippen LogP contribution in [0.4, 0.5) is 0 Å². The number of rotatable bonds is 4. The Bertz CT molecular complexity index is 612. The number of hydrogen-bond donors (Lipinski definition) is 0. The van der Waals surface area contributed by atoms with Gasteiger partial charge in [-0.1, -0.05) is 50.2 Å². The fourth-order valence-corrected chi connectivity index (χ4v) is 3.32. The van der Waals surface area contributed by atoms with Gasteiger partial charge in [-0.3, -0.25) is 0 Å². The summed E-state index contributed by atoms with van der Waals surface area (Å²) in [5.74, 6) is 0.877. The molecule has 0 aliphatic carbocycles. The maximum absolute atomic E-state index is 6.54. The van der Waals surface area contributed by atoms with Gasteiger partial charge in [-0.25, -0.2) is 0 Å². The zero-order valence-electron chi connectivity index (χ0n) is 12.9. The van der Waals surface area contributed by atoms with E-state index in [0.29, 0.717) is 0 Å². The standard InChI is InChI=1S/C19H22O2/c1-4-19(5-2)17-9-7-6-8-16(17)18(21-19)14-10-12-15(20-3)13-11-14/h6-13,18H,4-5H2,1-3H3/t18-/m1/s1. The lowest BCUT2D eigenvalue weighted by molar-refractivity contribution is -0.0666. The van der Waals surface area contributed by atoms with Crippen LogP contribution >= 0.6 is 0 Å². The number of hydrogen-bond acceptors (Lipinski definition) is 2. The van der Waals surface area contributed by atoms with Crippen LogP contribution in [0.15, 0.2) is 48.5 Å². The highest BCUT2D eigenvalue weighted by Crippen LogP contribution is 2.49. The Labute approximate surface area is 126 Å². The molecule has 1 aliphatic rings. The van der Waals surface area contributed by atoms with Gasteiger partial charge >= 0.3 is 0 Å². The van der Waals surface area contributed by atoms with Gasteiger partial charge in [-0.2, -0.15) is 0 Å². The fourth-order valence-electron chi connectivity index (χ4n) is 3.32. The molecule has 2 aromatic rings. The quantitative estimate of drug-likeness (QED) is 0.799. The van der Waals surface area contributed by atoms with Crippen molar-refractivity contribution in [1.29, 1.82) is 0 Å². The number of benzene rings is 2. The molecule has 1 aliphatic heterocycles. The van der Waals surface area contributed by atoms with E-state index in [-0.39, 0.29) is 11.7 Å². The summed E-state index contributed by atoms with van der Waals surface area (Å²) in [6.07, 6.45) is 2.01. The van der Waals surface area contributed by atoms with E-state index in [0.717, 1.165) is 18.6 Å². The molecule has 1 atom stereocenters. The summed E-state index contributed by atoms with van der Waals surface area (Å²) in [5, 5.41) is 0. The average molecular weight is 282 g/mol. The lowest BCUT2D eigenvalue weighted by Crippen LogP contribution is -2.23. The first kappa shape index (κ1) is 14.2. The number of fused-ring (bicyclic) bond motifs is 1. The van der Waals surface area contributed by atoms with Crippen molar-refractivity contribution in [2.45, 2.75) is 38.4 Å². The van der Waals surface area contributed by atoms with Crippen LogP contribution in [0.2, 0.25) is 0 Å². The van der Waals surface area contributed by atoms with Gasteiger partial charge in [-0.05, 0) is 41.7 Å². The van der Waals surface area contributed by atoms with Gasteiger partial charge in [0.05, 0.1) is 12.7 Å². The highest BCUT2D eigenvalue weighted by molar-refractivity contribution is 5.44. The molecule has 3 rings (SSSR count). The third kappa shape index (κ3) is 2.24. The van der Waals surface area contributed by atoms with E-state index < -0.39 is 0 Å². The van der Waals surface area contributed by atoms with Crippen LogP contribution in [0.1, 0.15) is 49.5 Å². The van der Waals surface area contributed by atoms with E-state index in [9.17, 15) is 0 Å². The molecule has 2 aromatic carbocycles. The molecule has 0 aromatic heterocycles. The topological polar surface area (TPSA) is 18.5 Å². The Morgan fingerprint density at radius 1 is 1.00 bits per heavy atom. The molecule has 2 heteroatoms. The molecule has 0 spiro atoms. The summed E-state index contributed by atoms with van der Waals surface area (Å²) in [4.78, 5) is 0. The van der Waals surface area contributed by atoms with Crippen LogP contribution in [0.5, 0.6) is 5.75 Å². The second-order valence-electron chi connectivity index (χ2n) is 5.56. The number of ether oxygens (including phenoxy) is 2. The molecule has 0 unspecified atom stereocenters. The Morgan fingerprint density at radius 2 is 1.67 bits per heavy atom. The maximum Gasteiger partial charge on any atom is 0.118 e. The SMILES string of the molecule is CCC1(CC)O[C@H](c2ccc(OC)cc2)c2ccccc21. The van der Waals surface area contributed by atoms with Gasteiger partial charge in [0.1, 0.15) is 11.9 Å². The van der Waals surface area contributed by atoms with E-state index in [1.54, 1.807) is 7.11 Å². The summed E-state index contributed by atoms with van der Waals surface area (Å²) in [6.45, 7) is 4.41. The summed E-state index contributed by atoms with van der Waals surface area (Å²) in [5.41, 5.74) is 3.68. The van der Waals surface area contributed by atoms with Crippen molar-refractivity contribution in [3.05, 3.63) is 65.2 Å². The minimum absolute atomic E-state index is 0.0204. The Hall–Kier alpha value is -1.80. The largest absolute Gasteiger partial charge is 0.497 e. The van der Waals surface area contributed by atoms with Crippen molar-refractivity contribution in [3.63, 3.8) is 0 Å². The van der Waals surface area contributed by atoms with E-state index >= 15 is 0 Å². The smallest absolute Gasteiger partial charge is 0.118 e. The predicted molar refractivity (Wildman–Crippen MR) is 84.6 cm³/mol. The van der Waals surface area contributed by atoms with Crippen molar-refractivity contribution in [2.24, 2.45) is 0 Å². The fraction of sp³-hybridized carbons (Fsp3) is 0.368. The predicted octanol–water partition coefficient (Wildman–Crippen LogP) is 4.83. The molecule has 21 heavy (non-hydrogen) atoms. The van der Waals surface area contributed by atoms with Gasteiger partial charge in [0.25, 0.3) is 0 Å². The first-order chi connectivity index (χ1) is 10.2. The zero-order valence-corrected chi connectivity index (χ0v) is 12.9. The third-order valence-electron chi connectivity index (χ3n) is 4.64. The van der Waals surface area contributed by atoms with Gasteiger partial charge in [0, 0.05) is 0 Å². The maximum atomic E-state index is 6.54. The van der Waals surface area contributed by atoms with Gasteiger partial charge < -0.3 is 9.47 Å². The summed E-state index contributed by atoms with van der Waals surface area (Å²) < 4.78 is 11.8. The molecule has 0 N–H and O–H groups in total. The molecule has 0 bridgehead atoms. The van der Waals surface area contributed by atoms with Crippen molar-refractivity contribution in [3.8, 4) is 5.75 Å². The molecule has 0 amide bonds. The van der Waals surface area contributed by atoms with Gasteiger partial charge in [0.15, 0.2) is 0 Å². The van der Waals surface area contributed by atoms with Crippen molar-refractivity contribution in [2.75, 3.05) is 7.11 Å². The van der Waals surface area contributed by atoms with Crippen LogP contribution in [-0.2, 0) is 10.3 Å². The lowest BCUT2D eigenvalue weighted by Gasteiger charge is -2.28. The van der Waals surface area contributed by atoms with Crippen molar-refractivity contribution < 1.29 is 9.47 Å². The second-order valence-corrected chi connectivity index (χ2v) is 5.56. The Morgan fingerprint density at radius 3 is 2.29 bits per heavy atom. The zero-order chi connectivity index (χ0) is 14.9. The average Bonchev–Trinajstić information content (AvgIpc) is 2.90.